The van der Waals surface area contributed by atoms with Crippen LogP contribution in [0.4, 0.5) is 10.1 Å². The van der Waals surface area contributed by atoms with Crippen LogP contribution in [0, 0.1) is 19.7 Å². The Balaban J connectivity index is 1.56. The molecule has 0 bridgehead atoms. The molecular formula is C26H24ClFN4O. The van der Waals surface area contributed by atoms with E-state index in [2.05, 4.69) is 26.7 Å². The van der Waals surface area contributed by atoms with E-state index in [1.807, 2.05) is 43.5 Å². The van der Waals surface area contributed by atoms with Gasteiger partial charge in [-0.2, -0.15) is 0 Å². The van der Waals surface area contributed by atoms with Gasteiger partial charge in [-0.25, -0.2) is 4.39 Å². The summed E-state index contributed by atoms with van der Waals surface area (Å²) in [6, 6.07) is 17.9. The lowest BCUT2D eigenvalue weighted by atomic mass is 10.1. The third-order valence-corrected chi connectivity index (χ3v) is 5.92. The van der Waals surface area contributed by atoms with Crippen molar-refractivity contribution in [1.29, 1.82) is 0 Å². The summed E-state index contributed by atoms with van der Waals surface area (Å²) in [4.78, 5) is 20.7. The number of carbonyl (C=O) groups is 1. The molecule has 0 saturated carbocycles. The number of hydrogen-bond donors (Lipinski definition) is 3. The minimum Gasteiger partial charge on any atom is -0.361 e. The molecule has 7 heteroatoms. The number of hydrogen-bond acceptors (Lipinski definition) is 2. The van der Waals surface area contributed by atoms with Crippen LogP contribution >= 0.6 is 11.6 Å². The molecule has 4 rings (SSSR count). The van der Waals surface area contributed by atoms with Crippen LogP contribution in [0.25, 0.3) is 10.9 Å². The second-order valence-corrected chi connectivity index (χ2v) is 8.20. The molecule has 1 aromatic heterocycles. The van der Waals surface area contributed by atoms with Crippen molar-refractivity contribution in [2.24, 2.45) is 4.99 Å². The Labute approximate surface area is 196 Å². The molecule has 0 aliphatic carbocycles. The Bertz CT molecular complexity index is 1350. The van der Waals surface area contributed by atoms with Crippen LogP contribution in [0.3, 0.4) is 0 Å². The third kappa shape index (κ3) is 5.23. The number of amides is 1. The van der Waals surface area contributed by atoms with E-state index in [1.165, 1.54) is 6.07 Å². The van der Waals surface area contributed by atoms with Crippen LogP contribution in [-0.4, -0.2) is 23.4 Å². The van der Waals surface area contributed by atoms with E-state index in [-0.39, 0.29) is 11.5 Å². The first kappa shape index (κ1) is 22.6. The number of nitrogens with zero attached hydrogens (tertiary/aromatic N) is 1. The molecule has 0 fully saturated rings. The zero-order valence-corrected chi connectivity index (χ0v) is 19.1. The van der Waals surface area contributed by atoms with Crippen LogP contribution < -0.4 is 10.6 Å². The molecule has 4 aromatic rings. The van der Waals surface area contributed by atoms with Gasteiger partial charge in [0.25, 0.3) is 5.91 Å². The highest BCUT2D eigenvalue weighted by Crippen LogP contribution is 2.23. The highest BCUT2D eigenvalue weighted by atomic mass is 35.5. The maximum absolute atomic E-state index is 14.0. The van der Waals surface area contributed by atoms with Crippen molar-refractivity contribution in [2.75, 3.05) is 11.9 Å². The molecule has 0 spiro atoms. The number of para-hydroxylation sites is 1. The Kier molecular flexibility index (Phi) is 6.75. The highest BCUT2D eigenvalue weighted by Gasteiger charge is 2.13. The zero-order valence-electron chi connectivity index (χ0n) is 18.4. The average molecular weight is 463 g/mol. The maximum atomic E-state index is 14.0. The summed E-state index contributed by atoms with van der Waals surface area (Å²) in [6.45, 7) is 3.97. The first-order chi connectivity index (χ1) is 15.9. The highest BCUT2D eigenvalue weighted by molar-refractivity contribution is 6.31. The average Bonchev–Trinajstić information content (AvgIpc) is 3.21. The summed E-state index contributed by atoms with van der Waals surface area (Å²) in [5.41, 5.74) is 4.46. The number of rotatable bonds is 5. The fraction of sp³-hybridized carbons (Fsp3) is 0.154. The van der Waals surface area contributed by atoms with E-state index >= 15 is 0 Å². The third-order valence-electron chi connectivity index (χ3n) is 5.51. The van der Waals surface area contributed by atoms with Crippen LogP contribution in [0.5, 0.6) is 0 Å². The van der Waals surface area contributed by atoms with Crippen LogP contribution in [0.15, 0.2) is 71.9 Å². The van der Waals surface area contributed by atoms with E-state index in [4.69, 9.17) is 11.6 Å². The molecule has 0 atom stereocenters. The number of benzene rings is 3. The van der Waals surface area contributed by atoms with Gasteiger partial charge in [-0.15, -0.1) is 0 Å². The van der Waals surface area contributed by atoms with Crippen molar-refractivity contribution in [2.45, 2.75) is 20.3 Å². The number of aryl methyl sites for hydroxylation is 1. The number of carbonyl (C=O) groups excluding carboxylic acids is 1. The standard InChI is InChI=1S/C26H24ClFN4O/c1-16-10-11-18(14-22(16)28)25(33)32-26(31-23-9-5-7-21(27)17(23)2)29-13-12-19-15-30-24-8-4-3-6-20(19)24/h3-11,14-15,30H,12-13H2,1-2H3,(H2,29,31,32,33). The lowest BCUT2D eigenvalue weighted by Gasteiger charge is -2.14. The summed E-state index contributed by atoms with van der Waals surface area (Å²) in [7, 11) is 0. The van der Waals surface area contributed by atoms with Gasteiger partial charge in [-0.3, -0.25) is 15.1 Å². The Morgan fingerprint density at radius 2 is 1.91 bits per heavy atom. The number of H-pyrrole nitrogens is 1. The van der Waals surface area contributed by atoms with Crippen LogP contribution in [0.2, 0.25) is 5.02 Å². The molecule has 0 aliphatic rings. The number of halogens is 2. The Morgan fingerprint density at radius 1 is 1.09 bits per heavy atom. The summed E-state index contributed by atoms with van der Waals surface area (Å²) in [5.74, 6) is -0.614. The normalized spacial score (nSPS) is 11.6. The SMILES string of the molecule is Cc1ccc(C(=O)NC(=NCCc2c[nH]c3ccccc23)Nc2cccc(Cl)c2C)cc1F. The summed E-state index contributed by atoms with van der Waals surface area (Å²) >= 11 is 6.25. The van der Waals surface area contributed by atoms with Gasteiger partial charge in [0.1, 0.15) is 5.82 Å². The van der Waals surface area contributed by atoms with Crippen LogP contribution in [-0.2, 0) is 6.42 Å². The van der Waals surface area contributed by atoms with Gasteiger partial charge in [-0.05, 0) is 67.3 Å². The monoisotopic (exact) mass is 462 g/mol. The fourth-order valence-corrected chi connectivity index (χ4v) is 3.70. The molecule has 5 nitrogen and oxygen atoms in total. The number of aliphatic imine (C=N–C) groups is 1. The first-order valence-corrected chi connectivity index (χ1v) is 11.0. The van der Waals surface area contributed by atoms with Crippen LogP contribution in [0.1, 0.15) is 27.0 Å². The summed E-state index contributed by atoms with van der Waals surface area (Å²) in [5, 5.41) is 7.69. The van der Waals surface area contributed by atoms with E-state index in [0.29, 0.717) is 23.6 Å². The van der Waals surface area contributed by atoms with Crippen molar-refractivity contribution in [1.82, 2.24) is 10.3 Å². The minimum absolute atomic E-state index is 0.215. The zero-order chi connectivity index (χ0) is 23.4. The largest absolute Gasteiger partial charge is 0.361 e. The molecule has 3 aromatic carbocycles. The van der Waals surface area contributed by atoms with Gasteiger partial charge in [0.2, 0.25) is 5.96 Å². The van der Waals surface area contributed by atoms with Gasteiger partial charge in [-0.1, -0.05) is 41.9 Å². The number of aromatic amines is 1. The predicted octanol–water partition coefficient (Wildman–Crippen LogP) is 6.02. The van der Waals surface area contributed by atoms with Gasteiger partial charge < -0.3 is 10.3 Å². The van der Waals surface area contributed by atoms with E-state index in [9.17, 15) is 9.18 Å². The van der Waals surface area contributed by atoms with Gasteiger partial charge >= 0.3 is 0 Å². The molecule has 0 unspecified atom stereocenters. The second kappa shape index (κ2) is 9.88. The fourth-order valence-electron chi connectivity index (χ4n) is 3.52. The maximum Gasteiger partial charge on any atom is 0.258 e. The van der Waals surface area contributed by atoms with Gasteiger partial charge in [0.15, 0.2) is 0 Å². The molecule has 0 radical (unpaired) electrons. The van der Waals surface area contributed by atoms with Crippen molar-refractivity contribution in [3.05, 3.63) is 100.0 Å². The van der Waals surface area contributed by atoms with E-state index < -0.39 is 11.7 Å². The number of nitrogens with one attached hydrogen (secondary N) is 3. The first-order valence-electron chi connectivity index (χ1n) is 10.6. The van der Waals surface area contributed by atoms with Crippen molar-refractivity contribution >= 4 is 40.1 Å². The molecule has 1 amide bonds. The smallest absolute Gasteiger partial charge is 0.258 e. The molecular weight excluding hydrogens is 439 g/mol. The number of fused-ring (bicyclic) bond motifs is 1. The molecule has 0 saturated heterocycles. The quantitative estimate of drug-likeness (QED) is 0.251. The summed E-state index contributed by atoms with van der Waals surface area (Å²) in [6.07, 6.45) is 2.65. The lowest BCUT2D eigenvalue weighted by molar-refractivity contribution is 0.0976. The lowest BCUT2D eigenvalue weighted by Crippen LogP contribution is -2.36. The molecule has 3 N–H and O–H groups in total. The predicted molar refractivity (Wildman–Crippen MR) is 133 cm³/mol. The topological polar surface area (TPSA) is 69.3 Å². The molecule has 168 valence electrons. The van der Waals surface area contributed by atoms with E-state index in [1.54, 1.807) is 25.1 Å². The van der Waals surface area contributed by atoms with Crippen molar-refractivity contribution in [3.8, 4) is 0 Å². The van der Waals surface area contributed by atoms with Crippen molar-refractivity contribution in [3.63, 3.8) is 0 Å². The Morgan fingerprint density at radius 3 is 2.73 bits per heavy atom. The van der Waals surface area contributed by atoms with Gasteiger partial charge in [0, 0.05) is 39.9 Å². The summed E-state index contributed by atoms with van der Waals surface area (Å²) < 4.78 is 14.0. The molecule has 1 heterocycles. The molecule has 33 heavy (non-hydrogen) atoms. The minimum atomic E-state index is -0.452. The molecule has 0 aliphatic heterocycles. The second-order valence-electron chi connectivity index (χ2n) is 7.80. The Hall–Kier alpha value is -3.64. The van der Waals surface area contributed by atoms with E-state index in [0.717, 1.165) is 27.7 Å². The van der Waals surface area contributed by atoms with Crippen molar-refractivity contribution < 1.29 is 9.18 Å². The van der Waals surface area contributed by atoms with Gasteiger partial charge in [0.05, 0.1) is 0 Å². The number of anilines is 1. The number of guanidine groups is 1. The number of aromatic nitrogens is 1.